The lowest BCUT2D eigenvalue weighted by molar-refractivity contribution is -0.385. The molecule has 2 atom stereocenters. The van der Waals surface area contributed by atoms with Crippen LogP contribution in [0.25, 0.3) is 0 Å². The van der Waals surface area contributed by atoms with E-state index < -0.39 is 21.9 Å². The van der Waals surface area contributed by atoms with Gasteiger partial charge in [-0.2, -0.15) is 0 Å². The van der Waals surface area contributed by atoms with Gasteiger partial charge in [-0.1, -0.05) is 24.3 Å². The number of hydrogen-bond donors (Lipinski definition) is 2. The molecule has 2 aromatic rings. The van der Waals surface area contributed by atoms with Crippen molar-refractivity contribution in [2.45, 2.75) is 12.1 Å². The van der Waals surface area contributed by atoms with E-state index in [2.05, 4.69) is 0 Å². The van der Waals surface area contributed by atoms with E-state index in [9.17, 15) is 20.2 Å². The summed E-state index contributed by atoms with van der Waals surface area (Å²) in [4.78, 5) is 20.2. The second-order valence-corrected chi connectivity index (χ2v) is 4.75. The van der Waals surface area contributed by atoms with E-state index in [0.29, 0.717) is 11.1 Å². The lowest BCUT2D eigenvalue weighted by Gasteiger charge is -2.20. The number of benzene rings is 2. The number of nitrogens with zero attached hydrogens (tertiary/aromatic N) is 2. The zero-order valence-corrected chi connectivity index (χ0v) is 11.5. The van der Waals surface area contributed by atoms with Gasteiger partial charge in [0, 0.05) is 36.3 Å². The molecule has 0 heterocycles. The lowest BCUT2D eigenvalue weighted by atomic mass is 9.94. The summed E-state index contributed by atoms with van der Waals surface area (Å²) in [6, 6.07) is 10.5. The Kier molecular flexibility index (Phi) is 4.44. The predicted molar refractivity (Wildman–Crippen MR) is 80.0 cm³/mol. The first-order valence-electron chi connectivity index (χ1n) is 6.40. The molecule has 2 aromatic carbocycles. The summed E-state index contributed by atoms with van der Waals surface area (Å²) in [5.74, 6) is 0. The highest BCUT2D eigenvalue weighted by Gasteiger charge is 2.19. The number of non-ortho nitro benzene ring substituents is 2. The molecular formula is C14H14N4O4. The number of rotatable bonds is 5. The van der Waals surface area contributed by atoms with Gasteiger partial charge in [0.25, 0.3) is 11.4 Å². The van der Waals surface area contributed by atoms with Crippen LogP contribution in [0.4, 0.5) is 11.4 Å². The SMILES string of the molecule is N[C@@H](c1ccc([N+](=O)[O-])cc1)[C@@H](N)c1ccc([N+](=O)[O-])cc1. The third-order valence-corrected chi connectivity index (χ3v) is 3.36. The number of nitro groups is 2. The third-order valence-electron chi connectivity index (χ3n) is 3.36. The van der Waals surface area contributed by atoms with Gasteiger partial charge in [-0.15, -0.1) is 0 Å². The molecule has 114 valence electrons. The maximum absolute atomic E-state index is 10.6. The number of nitro benzene ring substituents is 2. The minimum absolute atomic E-state index is 0.0279. The summed E-state index contributed by atoms with van der Waals surface area (Å²) in [7, 11) is 0. The van der Waals surface area contributed by atoms with Crippen LogP contribution in [0.3, 0.4) is 0 Å². The topological polar surface area (TPSA) is 138 Å². The molecule has 2 rings (SSSR count). The van der Waals surface area contributed by atoms with E-state index in [-0.39, 0.29) is 11.4 Å². The molecule has 0 saturated carbocycles. The molecule has 8 heteroatoms. The van der Waals surface area contributed by atoms with Crippen molar-refractivity contribution in [3.8, 4) is 0 Å². The first-order valence-corrected chi connectivity index (χ1v) is 6.40. The molecule has 0 unspecified atom stereocenters. The van der Waals surface area contributed by atoms with Crippen molar-refractivity contribution in [3.05, 3.63) is 79.9 Å². The molecule has 0 bridgehead atoms. The van der Waals surface area contributed by atoms with E-state index in [1.165, 1.54) is 24.3 Å². The largest absolute Gasteiger partial charge is 0.322 e. The van der Waals surface area contributed by atoms with Gasteiger partial charge >= 0.3 is 0 Å². The van der Waals surface area contributed by atoms with Crippen LogP contribution in [0.2, 0.25) is 0 Å². The number of hydrogen-bond acceptors (Lipinski definition) is 6. The van der Waals surface area contributed by atoms with E-state index in [0.717, 1.165) is 0 Å². The highest BCUT2D eigenvalue weighted by Crippen LogP contribution is 2.27. The normalized spacial score (nSPS) is 13.4. The van der Waals surface area contributed by atoms with E-state index in [1.54, 1.807) is 24.3 Å². The molecule has 4 N–H and O–H groups in total. The van der Waals surface area contributed by atoms with Crippen molar-refractivity contribution in [2.75, 3.05) is 0 Å². The van der Waals surface area contributed by atoms with Gasteiger partial charge in [-0.25, -0.2) is 0 Å². The Morgan fingerprint density at radius 1 is 0.682 bits per heavy atom. The molecule has 0 aliphatic heterocycles. The smallest absolute Gasteiger partial charge is 0.269 e. The molecular weight excluding hydrogens is 288 g/mol. The first-order chi connectivity index (χ1) is 10.4. The Balaban J connectivity index is 2.18. The van der Waals surface area contributed by atoms with Gasteiger partial charge in [-0.05, 0) is 11.1 Å². The Hall–Kier alpha value is -2.84. The predicted octanol–water partition coefficient (Wildman–Crippen LogP) is 2.20. The fraction of sp³-hybridized carbons (Fsp3) is 0.143. The highest BCUT2D eigenvalue weighted by molar-refractivity contribution is 5.38. The average molecular weight is 302 g/mol. The molecule has 0 aromatic heterocycles. The summed E-state index contributed by atoms with van der Waals surface area (Å²) in [6.45, 7) is 0. The molecule has 8 nitrogen and oxygen atoms in total. The Morgan fingerprint density at radius 2 is 0.955 bits per heavy atom. The van der Waals surface area contributed by atoms with Crippen LogP contribution >= 0.6 is 0 Å². The van der Waals surface area contributed by atoms with Crippen molar-refractivity contribution in [2.24, 2.45) is 11.5 Å². The summed E-state index contributed by atoms with van der Waals surface area (Å²) < 4.78 is 0. The number of nitrogens with two attached hydrogens (primary N) is 2. The van der Waals surface area contributed by atoms with Gasteiger partial charge in [0.05, 0.1) is 9.85 Å². The third kappa shape index (κ3) is 3.25. The second kappa shape index (κ2) is 6.29. The maximum Gasteiger partial charge on any atom is 0.269 e. The van der Waals surface area contributed by atoms with Gasteiger partial charge in [0.1, 0.15) is 0 Å². The van der Waals surface area contributed by atoms with Crippen LogP contribution in [0.15, 0.2) is 48.5 Å². The zero-order valence-electron chi connectivity index (χ0n) is 11.5. The summed E-state index contributed by atoms with van der Waals surface area (Å²) in [5, 5.41) is 21.2. The monoisotopic (exact) mass is 302 g/mol. The van der Waals surface area contributed by atoms with E-state index >= 15 is 0 Å². The minimum Gasteiger partial charge on any atom is -0.322 e. The maximum atomic E-state index is 10.6. The first kappa shape index (κ1) is 15.5. The van der Waals surface area contributed by atoms with Gasteiger partial charge in [0.2, 0.25) is 0 Å². The Morgan fingerprint density at radius 3 is 1.18 bits per heavy atom. The molecule has 0 radical (unpaired) electrons. The van der Waals surface area contributed by atoms with Crippen LogP contribution < -0.4 is 11.5 Å². The lowest BCUT2D eigenvalue weighted by Crippen LogP contribution is -2.26. The summed E-state index contributed by atoms with van der Waals surface area (Å²) in [5.41, 5.74) is 13.4. The average Bonchev–Trinajstić information content (AvgIpc) is 2.53. The van der Waals surface area contributed by atoms with Crippen LogP contribution in [0.1, 0.15) is 23.2 Å². The fourth-order valence-corrected chi connectivity index (χ4v) is 2.05. The van der Waals surface area contributed by atoms with Crippen molar-refractivity contribution in [1.29, 1.82) is 0 Å². The van der Waals surface area contributed by atoms with Crippen molar-refractivity contribution in [3.63, 3.8) is 0 Å². The van der Waals surface area contributed by atoms with E-state index in [4.69, 9.17) is 11.5 Å². The van der Waals surface area contributed by atoms with Gasteiger partial charge in [0.15, 0.2) is 0 Å². The highest BCUT2D eigenvalue weighted by atomic mass is 16.6. The Bertz CT molecular complexity index is 623. The molecule has 0 amide bonds. The van der Waals surface area contributed by atoms with Crippen molar-refractivity contribution >= 4 is 11.4 Å². The molecule has 0 aliphatic carbocycles. The Labute approximate surface area is 125 Å². The molecule has 0 aliphatic rings. The van der Waals surface area contributed by atoms with Gasteiger partial charge in [-0.3, -0.25) is 20.2 Å². The summed E-state index contributed by atoms with van der Waals surface area (Å²) >= 11 is 0. The summed E-state index contributed by atoms with van der Waals surface area (Å²) in [6.07, 6.45) is 0. The fourth-order valence-electron chi connectivity index (χ4n) is 2.05. The standard InChI is InChI=1S/C14H14N4O4/c15-13(9-1-5-11(6-2-9)17(19)20)14(16)10-3-7-12(8-4-10)18(21)22/h1-8,13-14H,15-16H2/t13-,14-/m0/s1. The molecule has 0 spiro atoms. The van der Waals surface area contributed by atoms with Gasteiger partial charge < -0.3 is 11.5 Å². The second-order valence-electron chi connectivity index (χ2n) is 4.75. The van der Waals surface area contributed by atoms with Crippen LogP contribution in [0.5, 0.6) is 0 Å². The molecule has 0 fully saturated rings. The van der Waals surface area contributed by atoms with Crippen molar-refractivity contribution in [1.82, 2.24) is 0 Å². The van der Waals surface area contributed by atoms with Crippen molar-refractivity contribution < 1.29 is 9.85 Å². The zero-order chi connectivity index (χ0) is 16.3. The van der Waals surface area contributed by atoms with E-state index in [1.807, 2.05) is 0 Å². The van der Waals surface area contributed by atoms with Crippen LogP contribution in [-0.2, 0) is 0 Å². The quantitative estimate of drug-likeness (QED) is 0.641. The minimum atomic E-state index is -0.581. The van der Waals surface area contributed by atoms with Crippen LogP contribution in [0, 0.1) is 20.2 Å². The van der Waals surface area contributed by atoms with Crippen LogP contribution in [-0.4, -0.2) is 9.85 Å². The molecule has 22 heavy (non-hydrogen) atoms. The molecule has 0 saturated heterocycles.